The van der Waals surface area contributed by atoms with E-state index in [4.69, 9.17) is 9.15 Å². The number of hydrogen-bond acceptors (Lipinski definition) is 5. The second-order valence-electron chi connectivity index (χ2n) is 5.07. The van der Waals surface area contributed by atoms with Gasteiger partial charge in [0.25, 0.3) is 5.22 Å². The Morgan fingerprint density at radius 1 is 1.50 bits per heavy atom. The van der Waals surface area contributed by atoms with E-state index >= 15 is 0 Å². The van der Waals surface area contributed by atoms with Gasteiger partial charge in [0.1, 0.15) is 5.52 Å². The Morgan fingerprint density at radius 3 is 3.18 bits per heavy atom. The zero-order valence-corrected chi connectivity index (χ0v) is 13.2. The maximum atomic E-state index is 11.9. The van der Waals surface area contributed by atoms with Crippen molar-refractivity contribution in [3.8, 4) is 0 Å². The van der Waals surface area contributed by atoms with E-state index in [1.54, 1.807) is 17.8 Å². The molecule has 2 heterocycles. The largest absolute Gasteiger partial charge is 0.431 e. The molecule has 0 spiro atoms. The Balaban J connectivity index is 1.59. The van der Waals surface area contributed by atoms with Crippen molar-refractivity contribution in [2.45, 2.75) is 31.1 Å². The topological polar surface area (TPSA) is 76.4 Å². The number of rotatable bonds is 5. The van der Waals surface area contributed by atoms with Crippen LogP contribution in [0.4, 0.5) is 10.5 Å². The van der Waals surface area contributed by atoms with Gasteiger partial charge in [-0.1, -0.05) is 18.7 Å². The molecule has 118 valence electrons. The minimum Gasteiger partial charge on any atom is -0.431 e. The molecular formula is C15H19N3O3S. The number of aromatic nitrogens is 1. The number of ether oxygens (including phenoxy) is 1. The molecule has 2 amide bonds. The van der Waals surface area contributed by atoms with Crippen molar-refractivity contribution in [3.63, 3.8) is 0 Å². The van der Waals surface area contributed by atoms with Crippen LogP contribution in [-0.2, 0) is 4.74 Å². The number of oxazole rings is 1. The lowest BCUT2D eigenvalue weighted by Gasteiger charge is -2.11. The minimum absolute atomic E-state index is 0.135. The molecule has 2 aromatic rings. The molecule has 2 N–H and O–H groups in total. The predicted molar refractivity (Wildman–Crippen MR) is 86.4 cm³/mol. The molecule has 1 aromatic carbocycles. The van der Waals surface area contributed by atoms with Crippen molar-refractivity contribution in [2.75, 3.05) is 24.2 Å². The van der Waals surface area contributed by atoms with Crippen LogP contribution in [0, 0.1) is 0 Å². The number of hydrogen-bond donors (Lipinski definition) is 2. The van der Waals surface area contributed by atoms with Crippen molar-refractivity contribution in [3.05, 3.63) is 18.2 Å². The summed E-state index contributed by atoms with van der Waals surface area (Å²) in [5, 5.41) is 6.27. The van der Waals surface area contributed by atoms with Gasteiger partial charge >= 0.3 is 6.03 Å². The molecule has 1 fully saturated rings. The fraction of sp³-hybridized carbons (Fsp3) is 0.467. The lowest BCUT2D eigenvalue weighted by molar-refractivity contribution is 0.112. The summed E-state index contributed by atoms with van der Waals surface area (Å²) < 4.78 is 11.1. The number of nitrogens with zero attached hydrogens (tertiary/aromatic N) is 1. The average molecular weight is 321 g/mol. The standard InChI is InChI=1S/C15H19N3O3S/c1-2-22-15-18-12-6-5-10(8-13(12)21-15)17-14(19)16-9-11-4-3-7-20-11/h5-6,8,11H,2-4,7,9H2,1H3,(H2,16,17,19)/t11-/m0/s1. The number of benzene rings is 1. The average Bonchev–Trinajstić information content (AvgIpc) is 3.13. The van der Waals surface area contributed by atoms with Crippen LogP contribution in [0.3, 0.4) is 0 Å². The monoisotopic (exact) mass is 321 g/mol. The molecule has 1 aromatic heterocycles. The van der Waals surface area contributed by atoms with Gasteiger partial charge in [0, 0.05) is 24.9 Å². The highest BCUT2D eigenvalue weighted by atomic mass is 32.2. The van der Waals surface area contributed by atoms with Crippen molar-refractivity contribution in [1.82, 2.24) is 10.3 Å². The second-order valence-corrected chi connectivity index (χ2v) is 6.28. The molecular weight excluding hydrogens is 302 g/mol. The molecule has 0 aliphatic carbocycles. The van der Waals surface area contributed by atoms with Crippen LogP contribution >= 0.6 is 11.8 Å². The van der Waals surface area contributed by atoms with Crippen LogP contribution < -0.4 is 10.6 Å². The molecule has 1 atom stereocenters. The molecule has 7 heteroatoms. The van der Waals surface area contributed by atoms with Gasteiger partial charge in [0.2, 0.25) is 0 Å². The number of amides is 2. The fourth-order valence-corrected chi connectivity index (χ4v) is 2.91. The van der Waals surface area contributed by atoms with Crippen LogP contribution in [0.25, 0.3) is 11.1 Å². The molecule has 6 nitrogen and oxygen atoms in total. The number of carbonyl (C=O) groups is 1. The highest BCUT2D eigenvalue weighted by Gasteiger charge is 2.16. The van der Waals surface area contributed by atoms with E-state index < -0.39 is 0 Å². The van der Waals surface area contributed by atoms with Crippen molar-refractivity contribution >= 4 is 34.6 Å². The lowest BCUT2D eigenvalue weighted by Crippen LogP contribution is -2.34. The molecule has 1 aliphatic heterocycles. The van der Waals surface area contributed by atoms with Crippen molar-refractivity contribution in [1.29, 1.82) is 0 Å². The van der Waals surface area contributed by atoms with E-state index in [0.29, 0.717) is 23.0 Å². The fourth-order valence-electron chi connectivity index (χ4n) is 2.35. The first-order chi connectivity index (χ1) is 10.7. The third-order valence-corrected chi connectivity index (χ3v) is 4.12. The molecule has 0 saturated carbocycles. The second kappa shape index (κ2) is 7.02. The molecule has 0 unspecified atom stereocenters. The Bertz CT molecular complexity index is 653. The Kier molecular flexibility index (Phi) is 4.84. The summed E-state index contributed by atoms with van der Waals surface area (Å²) in [4.78, 5) is 16.2. The first kappa shape index (κ1) is 15.2. The summed E-state index contributed by atoms with van der Waals surface area (Å²) in [6, 6.07) is 5.20. The quantitative estimate of drug-likeness (QED) is 0.827. The smallest absolute Gasteiger partial charge is 0.319 e. The maximum absolute atomic E-state index is 11.9. The Hall–Kier alpha value is -1.73. The predicted octanol–water partition coefficient (Wildman–Crippen LogP) is 3.24. The van der Waals surface area contributed by atoms with Gasteiger partial charge in [-0.2, -0.15) is 0 Å². The molecule has 1 saturated heterocycles. The van der Waals surface area contributed by atoms with E-state index in [-0.39, 0.29) is 12.1 Å². The van der Waals surface area contributed by atoms with E-state index in [9.17, 15) is 4.79 Å². The third kappa shape index (κ3) is 3.72. The van der Waals surface area contributed by atoms with Crippen LogP contribution in [0.2, 0.25) is 0 Å². The third-order valence-electron chi connectivity index (χ3n) is 3.41. The first-order valence-corrected chi connectivity index (χ1v) is 8.43. The number of urea groups is 1. The zero-order valence-electron chi connectivity index (χ0n) is 12.4. The lowest BCUT2D eigenvalue weighted by atomic mass is 10.2. The van der Waals surface area contributed by atoms with E-state index in [1.165, 1.54) is 0 Å². The Labute approximate surface area is 133 Å². The van der Waals surface area contributed by atoms with E-state index in [1.807, 2.05) is 19.1 Å². The van der Waals surface area contributed by atoms with Crippen LogP contribution in [0.15, 0.2) is 27.8 Å². The van der Waals surface area contributed by atoms with Gasteiger partial charge in [0.05, 0.1) is 6.10 Å². The zero-order chi connectivity index (χ0) is 15.4. The molecule has 0 radical (unpaired) electrons. The van der Waals surface area contributed by atoms with Gasteiger partial charge in [-0.3, -0.25) is 0 Å². The summed E-state index contributed by atoms with van der Waals surface area (Å²) >= 11 is 1.55. The highest BCUT2D eigenvalue weighted by molar-refractivity contribution is 7.99. The van der Waals surface area contributed by atoms with Crippen LogP contribution in [-0.4, -0.2) is 36.0 Å². The van der Waals surface area contributed by atoms with Crippen LogP contribution in [0.5, 0.6) is 0 Å². The van der Waals surface area contributed by atoms with Gasteiger partial charge in [-0.05, 0) is 30.7 Å². The van der Waals surface area contributed by atoms with Gasteiger partial charge in [-0.15, -0.1) is 0 Å². The molecule has 0 bridgehead atoms. The number of anilines is 1. The number of nitrogens with one attached hydrogen (secondary N) is 2. The first-order valence-electron chi connectivity index (χ1n) is 7.44. The summed E-state index contributed by atoms with van der Waals surface area (Å²) in [5.41, 5.74) is 2.15. The number of carbonyl (C=O) groups excluding carboxylic acids is 1. The molecule has 1 aliphatic rings. The minimum atomic E-state index is -0.238. The van der Waals surface area contributed by atoms with Gasteiger partial charge in [0.15, 0.2) is 5.58 Å². The molecule has 22 heavy (non-hydrogen) atoms. The Morgan fingerprint density at radius 2 is 2.41 bits per heavy atom. The van der Waals surface area contributed by atoms with E-state index in [0.717, 1.165) is 30.7 Å². The maximum Gasteiger partial charge on any atom is 0.319 e. The summed E-state index contributed by atoms with van der Waals surface area (Å²) in [7, 11) is 0. The SMILES string of the molecule is CCSc1nc2ccc(NC(=O)NC[C@@H]3CCCO3)cc2o1. The van der Waals surface area contributed by atoms with Crippen molar-refractivity contribution < 1.29 is 13.9 Å². The summed E-state index contributed by atoms with van der Waals surface area (Å²) in [6.45, 7) is 3.37. The number of thioether (sulfide) groups is 1. The van der Waals surface area contributed by atoms with Crippen molar-refractivity contribution in [2.24, 2.45) is 0 Å². The summed E-state index contributed by atoms with van der Waals surface area (Å²) in [6.07, 6.45) is 2.20. The molecule has 3 rings (SSSR count). The summed E-state index contributed by atoms with van der Waals surface area (Å²) in [5.74, 6) is 0.906. The van der Waals surface area contributed by atoms with Crippen LogP contribution in [0.1, 0.15) is 19.8 Å². The van der Waals surface area contributed by atoms with Gasteiger partial charge < -0.3 is 19.8 Å². The highest BCUT2D eigenvalue weighted by Crippen LogP contribution is 2.25. The normalized spacial score (nSPS) is 17.8. The van der Waals surface area contributed by atoms with E-state index in [2.05, 4.69) is 15.6 Å². The van der Waals surface area contributed by atoms with Gasteiger partial charge in [-0.25, -0.2) is 9.78 Å². The number of fused-ring (bicyclic) bond motifs is 1.